The predicted molar refractivity (Wildman–Crippen MR) is 162 cm³/mol. The van der Waals surface area contributed by atoms with E-state index in [1.54, 1.807) is 29.2 Å². The zero-order valence-electron chi connectivity index (χ0n) is 24.9. The van der Waals surface area contributed by atoms with E-state index in [4.69, 9.17) is 14.2 Å². The number of amides is 3. The van der Waals surface area contributed by atoms with E-state index in [1.165, 1.54) is 6.42 Å². The van der Waals surface area contributed by atoms with E-state index in [1.807, 2.05) is 56.3 Å². The van der Waals surface area contributed by atoms with Gasteiger partial charge in [0.25, 0.3) is 0 Å². The number of carbonyl (C=O) groups is 3. The number of hydrogen-bond donors (Lipinski definition) is 2. The fraction of sp³-hybridized carbons (Fsp3) is 0.500. The first kappa shape index (κ1) is 29.4. The number of para-hydroxylation sites is 1. The van der Waals surface area contributed by atoms with Gasteiger partial charge in [-0.25, -0.2) is 0 Å². The van der Waals surface area contributed by atoms with Crippen LogP contribution in [0.1, 0.15) is 52.4 Å². The Hall–Kier alpha value is -3.69. The van der Waals surface area contributed by atoms with Gasteiger partial charge in [0.1, 0.15) is 23.1 Å². The lowest BCUT2D eigenvalue weighted by Gasteiger charge is -2.34. The van der Waals surface area contributed by atoms with Crippen LogP contribution in [-0.2, 0) is 23.9 Å². The molecule has 6 rings (SSSR count). The number of hydrogen-bond acceptors (Lipinski definition) is 6. The van der Waals surface area contributed by atoms with Crippen molar-refractivity contribution in [1.29, 1.82) is 0 Å². The molecule has 1 aliphatic carbocycles. The van der Waals surface area contributed by atoms with Gasteiger partial charge in [-0.15, -0.1) is 0 Å². The third kappa shape index (κ3) is 5.93. The molecule has 9 heteroatoms. The summed E-state index contributed by atoms with van der Waals surface area (Å²) in [7, 11) is 0. The molecule has 43 heavy (non-hydrogen) atoms. The van der Waals surface area contributed by atoms with Crippen molar-refractivity contribution in [3.05, 3.63) is 66.7 Å². The van der Waals surface area contributed by atoms with Gasteiger partial charge >= 0.3 is 0 Å². The molecule has 4 aliphatic rings. The third-order valence-corrected chi connectivity index (χ3v) is 8.97. The van der Waals surface area contributed by atoms with Gasteiger partial charge in [0, 0.05) is 24.9 Å². The van der Waals surface area contributed by atoms with E-state index in [0.717, 1.165) is 31.4 Å². The van der Waals surface area contributed by atoms with Crippen LogP contribution in [0.2, 0.25) is 0 Å². The lowest BCUT2D eigenvalue weighted by Crippen LogP contribution is -2.56. The topological polar surface area (TPSA) is 106 Å². The molecule has 5 unspecified atom stereocenters. The highest BCUT2D eigenvalue weighted by atomic mass is 16.5. The number of rotatable bonds is 11. The molecule has 9 nitrogen and oxygen atoms in total. The van der Waals surface area contributed by atoms with Crippen LogP contribution in [0.5, 0.6) is 11.5 Å². The first-order valence-corrected chi connectivity index (χ1v) is 15.6. The average molecular weight is 588 g/mol. The number of likely N-dealkylation sites (tertiary alicyclic amines) is 1. The predicted octanol–water partition coefficient (Wildman–Crippen LogP) is 4.83. The standard InChI is InChI=1S/C34H41N3O6/c1-22(2)41-21-9-20-37-30(32(39)36-23-10-5-3-6-11-23)34-19-18-27(43-34)28(29(34)33(37)40)31(38)35-24-14-16-26(17-15-24)42-25-12-7-4-8-13-25/h4,7-8,12-19,22-23,27-30H,3,5-6,9-11,20-21H2,1-2H3,(H,35,38)(H,36,39). The summed E-state index contributed by atoms with van der Waals surface area (Å²) in [6.07, 6.45) is 8.99. The fourth-order valence-corrected chi connectivity index (χ4v) is 7.05. The maximum absolute atomic E-state index is 14.1. The van der Waals surface area contributed by atoms with Crippen molar-refractivity contribution >= 4 is 23.4 Å². The summed E-state index contributed by atoms with van der Waals surface area (Å²) in [5, 5.41) is 6.21. The second-order valence-electron chi connectivity index (χ2n) is 12.3. The molecule has 3 amide bonds. The summed E-state index contributed by atoms with van der Waals surface area (Å²) < 4.78 is 18.0. The van der Waals surface area contributed by atoms with E-state index in [0.29, 0.717) is 31.0 Å². The zero-order chi connectivity index (χ0) is 30.0. The van der Waals surface area contributed by atoms with Gasteiger partial charge in [0.05, 0.1) is 24.0 Å². The minimum atomic E-state index is -1.17. The van der Waals surface area contributed by atoms with Gasteiger partial charge in [-0.05, 0) is 69.5 Å². The second-order valence-corrected chi connectivity index (χ2v) is 12.3. The van der Waals surface area contributed by atoms with E-state index >= 15 is 0 Å². The average Bonchev–Trinajstić information content (AvgIpc) is 3.64. The minimum Gasteiger partial charge on any atom is -0.457 e. The van der Waals surface area contributed by atoms with Crippen molar-refractivity contribution < 1.29 is 28.6 Å². The summed E-state index contributed by atoms with van der Waals surface area (Å²) in [6, 6.07) is 15.8. The first-order valence-electron chi connectivity index (χ1n) is 15.6. The number of carbonyl (C=O) groups excluding carboxylic acids is 3. The van der Waals surface area contributed by atoms with Gasteiger partial charge in [-0.1, -0.05) is 49.6 Å². The molecular formula is C34H41N3O6. The summed E-state index contributed by atoms with van der Waals surface area (Å²) in [4.78, 5) is 43.4. The molecule has 1 spiro atoms. The molecule has 3 heterocycles. The molecule has 228 valence electrons. The van der Waals surface area contributed by atoms with Gasteiger partial charge in [-0.3, -0.25) is 14.4 Å². The highest BCUT2D eigenvalue weighted by Crippen LogP contribution is 2.55. The minimum absolute atomic E-state index is 0.0755. The number of nitrogens with zero attached hydrogens (tertiary/aromatic N) is 1. The Kier molecular flexibility index (Phi) is 8.54. The zero-order valence-corrected chi connectivity index (χ0v) is 24.9. The summed E-state index contributed by atoms with van der Waals surface area (Å²) in [5.41, 5.74) is -0.583. The Bertz CT molecular complexity index is 1340. The Balaban J connectivity index is 1.19. The number of fused-ring (bicyclic) bond motifs is 1. The molecule has 2 saturated heterocycles. The van der Waals surface area contributed by atoms with Crippen molar-refractivity contribution in [1.82, 2.24) is 10.2 Å². The molecule has 2 bridgehead atoms. The number of ether oxygens (including phenoxy) is 3. The Morgan fingerprint density at radius 2 is 1.72 bits per heavy atom. The molecule has 0 radical (unpaired) electrons. The molecule has 1 saturated carbocycles. The molecule has 5 atom stereocenters. The van der Waals surface area contributed by atoms with Gasteiger partial charge in [0.15, 0.2) is 0 Å². The smallest absolute Gasteiger partial charge is 0.246 e. The van der Waals surface area contributed by atoms with Gasteiger partial charge in [0.2, 0.25) is 17.7 Å². The van der Waals surface area contributed by atoms with Crippen molar-refractivity contribution in [3.63, 3.8) is 0 Å². The van der Waals surface area contributed by atoms with E-state index in [-0.39, 0.29) is 29.9 Å². The maximum Gasteiger partial charge on any atom is 0.246 e. The highest BCUT2D eigenvalue weighted by molar-refractivity contribution is 6.02. The van der Waals surface area contributed by atoms with E-state index in [2.05, 4.69) is 10.6 Å². The molecule has 3 fully saturated rings. The third-order valence-electron chi connectivity index (χ3n) is 8.97. The summed E-state index contributed by atoms with van der Waals surface area (Å²) in [5.74, 6) is -0.889. The second kappa shape index (κ2) is 12.5. The quantitative estimate of drug-likeness (QED) is 0.288. The van der Waals surface area contributed by atoms with Crippen LogP contribution < -0.4 is 15.4 Å². The molecule has 2 aromatic rings. The molecule has 2 aromatic carbocycles. The molecule has 0 aromatic heterocycles. The highest BCUT2D eigenvalue weighted by Gasteiger charge is 2.72. The Morgan fingerprint density at radius 3 is 2.44 bits per heavy atom. The van der Waals surface area contributed by atoms with Crippen molar-refractivity contribution in [2.75, 3.05) is 18.5 Å². The number of benzene rings is 2. The van der Waals surface area contributed by atoms with Crippen molar-refractivity contribution in [2.45, 2.75) is 82.3 Å². The monoisotopic (exact) mass is 587 g/mol. The summed E-state index contributed by atoms with van der Waals surface area (Å²) >= 11 is 0. The van der Waals surface area contributed by atoms with Crippen molar-refractivity contribution in [2.24, 2.45) is 11.8 Å². The molecular weight excluding hydrogens is 546 g/mol. The van der Waals surface area contributed by atoms with Crippen LogP contribution in [0.15, 0.2) is 66.7 Å². The van der Waals surface area contributed by atoms with Crippen molar-refractivity contribution in [3.8, 4) is 11.5 Å². The van der Waals surface area contributed by atoms with Crippen LogP contribution in [-0.4, -0.2) is 65.7 Å². The Labute approximate surface area is 252 Å². The van der Waals surface area contributed by atoms with Crippen LogP contribution in [0.4, 0.5) is 5.69 Å². The normalized spacial score (nSPS) is 27.9. The van der Waals surface area contributed by atoms with E-state index in [9.17, 15) is 14.4 Å². The van der Waals surface area contributed by atoms with Crippen LogP contribution in [0, 0.1) is 11.8 Å². The number of nitrogens with one attached hydrogen (secondary N) is 2. The largest absolute Gasteiger partial charge is 0.457 e. The van der Waals surface area contributed by atoms with Crippen LogP contribution in [0.25, 0.3) is 0 Å². The lowest BCUT2D eigenvalue weighted by molar-refractivity contribution is -0.141. The lowest BCUT2D eigenvalue weighted by atomic mass is 9.74. The fourth-order valence-electron chi connectivity index (χ4n) is 7.05. The van der Waals surface area contributed by atoms with Gasteiger partial charge < -0.3 is 29.7 Å². The maximum atomic E-state index is 14.1. The first-order chi connectivity index (χ1) is 20.9. The SMILES string of the molecule is CC(C)OCCCN1C(=O)C2C(C(=O)Nc3ccc(Oc4ccccc4)cc3)C3C=CC2(O3)C1C(=O)NC1CCCCC1. The van der Waals surface area contributed by atoms with E-state index < -0.39 is 29.6 Å². The molecule has 3 aliphatic heterocycles. The Morgan fingerprint density at radius 1 is 1.00 bits per heavy atom. The summed E-state index contributed by atoms with van der Waals surface area (Å²) in [6.45, 7) is 4.76. The molecule has 2 N–H and O–H groups in total. The van der Waals surface area contributed by atoms with Gasteiger partial charge in [-0.2, -0.15) is 0 Å². The van der Waals surface area contributed by atoms with Crippen LogP contribution >= 0.6 is 0 Å². The number of anilines is 1. The van der Waals surface area contributed by atoms with Crippen LogP contribution in [0.3, 0.4) is 0 Å².